The second-order valence-electron chi connectivity index (χ2n) is 0.943. The van der Waals surface area contributed by atoms with Crippen LogP contribution in [0.3, 0.4) is 0 Å². The Morgan fingerprint density at radius 1 is 2.00 bits per heavy atom. The summed E-state index contributed by atoms with van der Waals surface area (Å²) >= 11 is 4.58. The van der Waals surface area contributed by atoms with Crippen LogP contribution in [-0.2, 0) is 4.84 Å². The Morgan fingerprint density at radius 2 is 2.57 bits per heavy atom. The molecule has 40 valence electrons. The van der Waals surface area contributed by atoms with Gasteiger partial charge in [-0.1, -0.05) is 18.8 Å². The Kier molecular flexibility index (Phi) is 3.32. The van der Waals surface area contributed by atoms with Crippen molar-refractivity contribution in [1.82, 2.24) is 5.48 Å². The molecule has 3 heteroatoms. The molecule has 0 bridgehead atoms. The molecular formula is C4H7NOS. The van der Waals surface area contributed by atoms with Crippen LogP contribution in [0.1, 0.15) is 6.92 Å². The van der Waals surface area contributed by atoms with E-state index in [0.29, 0.717) is 4.99 Å². The van der Waals surface area contributed by atoms with Crippen molar-refractivity contribution in [2.75, 3.05) is 0 Å². The van der Waals surface area contributed by atoms with Gasteiger partial charge in [-0.05, 0) is 6.92 Å². The SMILES string of the molecule is C=CONC(C)=S. The van der Waals surface area contributed by atoms with Gasteiger partial charge in [0.2, 0.25) is 0 Å². The molecule has 2 nitrogen and oxygen atoms in total. The van der Waals surface area contributed by atoms with E-state index in [1.165, 1.54) is 6.26 Å². The zero-order chi connectivity index (χ0) is 5.70. The molecule has 0 aliphatic heterocycles. The Labute approximate surface area is 48.1 Å². The summed E-state index contributed by atoms with van der Waals surface area (Å²) < 4.78 is 0. The minimum Gasteiger partial charge on any atom is -0.390 e. The van der Waals surface area contributed by atoms with Crippen LogP contribution in [-0.4, -0.2) is 4.99 Å². The van der Waals surface area contributed by atoms with Crippen LogP contribution in [0.5, 0.6) is 0 Å². The number of hydroxylamine groups is 1. The fourth-order valence-corrected chi connectivity index (χ4v) is 0.173. The van der Waals surface area contributed by atoms with E-state index in [2.05, 4.69) is 29.1 Å². The van der Waals surface area contributed by atoms with Crippen molar-refractivity contribution in [1.29, 1.82) is 0 Å². The predicted molar refractivity (Wildman–Crippen MR) is 32.7 cm³/mol. The molecular weight excluding hydrogens is 110 g/mol. The van der Waals surface area contributed by atoms with E-state index in [4.69, 9.17) is 0 Å². The highest BCUT2D eigenvalue weighted by Crippen LogP contribution is 1.67. The Bertz CT molecular complexity index is 81.8. The third kappa shape index (κ3) is 5.43. The second-order valence-corrected chi connectivity index (χ2v) is 1.56. The van der Waals surface area contributed by atoms with Gasteiger partial charge in [-0.25, -0.2) is 5.48 Å². The number of rotatable bonds is 2. The van der Waals surface area contributed by atoms with E-state index in [-0.39, 0.29) is 0 Å². The van der Waals surface area contributed by atoms with Crippen molar-refractivity contribution in [2.24, 2.45) is 0 Å². The van der Waals surface area contributed by atoms with Gasteiger partial charge in [0.25, 0.3) is 0 Å². The van der Waals surface area contributed by atoms with Gasteiger partial charge in [0.05, 0.1) is 0 Å². The van der Waals surface area contributed by atoms with Crippen molar-refractivity contribution in [3.8, 4) is 0 Å². The third-order valence-corrected chi connectivity index (χ3v) is 0.369. The first-order chi connectivity index (χ1) is 3.27. The number of nitrogens with one attached hydrogen (secondary N) is 1. The Balaban J connectivity index is 2.97. The lowest BCUT2D eigenvalue weighted by Gasteiger charge is -1.96. The molecule has 0 heterocycles. The Morgan fingerprint density at radius 3 is 2.71 bits per heavy atom. The average molecular weight is 117 g/mol. The van der Waals surface area contributed by atoms with Crippen LogP contribution in [0.25, 0.3) is 0 Å². The maximum atomic E-state index is 4.58. The molecule has 0 saturated heterocycles. The fourth-order valence-electron chi connectivity index (χ4n) is 0.125. The van der Waals surface area contributed by atoms with Gasteiger partial charge in [-0.3, -0.25) is 0 Å². The molecule has 1 N–H and O–H groups in total. The first-order valence-electron chi connectivity index (χ1n) is 1.80. The van der Waals surface area contributed by atoms with Gasteiger partial charge in [-0.15, -0.1) is 0 Å². The van der Waals surface area contributed by atoms with Crippen LogP contribution in [0.15, 0.2) is 12.8 Å². The lowest BCUT2D eigenvalue weighted by molar-refractivity contribution is 0.196. The van der Waals surface area contributed by atoms with Crippen LogP contribution < -0.4 is 5.48 Å². The molecule has 0 amide bonds. The fraction of sp³-hybridized carbons (Fsp3) is 0.250. The van der Waals surface area contributed by atoms with Crippen LogP contribution in [0.2, 0.25) is 0 Å². The molecule has 0 aromatic carbocycles. The third-order valence-electron chi connectivity index (χ3n) is 0.286. The number of hydrogen-bond acceptors (Lipinski definition) is 2. The van der Waals surface area contributed by atoms with E-state index in [9.17, 15) is 0 Å². The normalized spacial score (nSPS) is 7.00. The highest BCUT2D eigenvalue weighted by molar-refractivity contribution is 7.80. The molecule has 0 fully saturated rings. The summed E-state index contributed by atoms with van der Waals surface area (Å²) in [6, 6.07) is 0. The van der Waals surface area contributed by atoms with Crippen molar-refractivity contribution < 1.29 is 4.84 Å². The van der Waals surface area contributed by atoms with Crippen molar-refractivity contribution >= 4 is 17.2 Å². The molecule has 0 aliphatic carbocycles. The largest absolute Gasteiger partial charge is 0.390 e. The van der Waals surface area contributed by atoms with Crippen LogP contribution >= 0.6 is 12.2 Å². The van der Waals surface area contributed by atoms with Crippen molar-refractivity contribution in [3.63, 3.8) is 0 Å². The molecule has 7 heavy (non-hydrogen) atoms. The zero-order valence-electron chi connectivity index (χ0n) is 4.10. The monoisotopic (exact) mass is 117 g/mol. The highest BCUT2D eigenvalue weighted by Gasteiger charge is 1.75. The minimum absolute atomic E-state index is 0.597. The molecule has 0 aliphatic rings. The predicted octanol–water partition coefficient (Wildman–Crippen LogP) is 0.998. The van der Waals surface area contributed by atoms with E-state index >= 15 is 0 Å². The summed E-state index contributed by atoms with van der Waals surface area (Å²) in [5.41, 5.74) is 2.41. The topological polar surface area (TPSA) is 21.3 Å². The summed E-state index contributed by atoms with van der Waals surface area (Å²) in [4.78, 5) is 5.06. The summed E-state index contributed by atoms with van der Waals surface area (Å²) in [5, 5.41) is 0. The van der Waals surface area contributed by atoms with Crippen molar-refractivity contribution in [2.45, 2.75) is 6.92 Å². The van der Waals surface area contributed by atoms with Crippen LogP contribution in [0.4, 0.5) is 0 Å². The molecule has 0 aromatic heterocycles. The number of thiocarbonyl (C=S) groups is 1. The van der Waals surface area contributed by atoms with E-state index in [1.54, 1.807) is 6.92 Å². The summed E-state index contributed by atoms with van der Waals surface area (Å²) in [6.45, 7) is 5.01. The van der Waals surface area contributed by atoms with Crippen LogP contribution in [0, 0.1) is 0 Å². The lowest BCUT2D eigenvalue weighted by Crippen LogP contribution is -2.14. The smallest absolute Gasteiger partial charge is 0.112 e. The Hall–Kier alpha value is -0.570. The summed E-state index contributed by atoms with van der Waals surface area (Å²) in [5.74, 6) is 0. The lowest BCUT2D eigenvalue weighted by atomic mass is 10.8. The first-order valence-corrected chi connectivity index (χ1v) is 2.21. The van der Waals surface area contributed by atoms with Gasteiger partial charge in [0.15, 0.2) is 0 Å². The standard InChI is InChI=1S/C4H7NOS/c1-3-6-5-4(2)7/h3H,1H2,2H3,(H,5,7). The van der Waals surface area contributed by atoms with E-state index in [0.717, 1.165) is 0 Å². The van der Waals surface area contributed by atoms with Gasteiger partial charge >= 0.3 is 0 Å². The molecule has 0 atom stereocenters. The van der Waals surface area contributed by atoms with Gasteiger partial charge in [0, 0.05) is 0 Å². The van der Waals surface area contributed by atoms with Gasteiger partial charge in [0.1, 0.15) is 11.3 Å². The molecule has 0 rings (SSSR count). The summed E-state index contributed by atoms with van der Waals surface area (Å²) in [7, 11) is 0. The molecule has 0 spiro atoms. The van der Waals surface area contributed by atoms with Gasteiger partial charge in [-0.2, -0.15) is 0 Å². The molecule has 0 radical (unpaired) electrons. The maximum absolute atomic E-state index is 4.58. The first kappa shape index (κ1) is 6.43. The average Bonchev–Trinajstić information content (AvgIpc) is 1.61. The molecule has 0 aromatic rings. The maximum Gasteiger partial charge on any atom is 0.112 e. The van der Waals surface area contributed by atoms with Gasteiger partial charge < -0.3 is 4.84 Å². The van der Waals surface area contributed by atoms with E-state index < -0.39 is 0 Å². The molecule has 0 unspecified atom stereocenters. The zero-order valence-corrected chi connectivity index (χ0v) is 4.92. The highest BCUT2D eigenvalue weighted by atomic mass is 32.1. The van der Waals surface area contributed by atoms with E-state index in [1.807, 2.05) is 0 Å². The summed E-state index contributed by atoms with van der Waals surface area (Å²) in [6.07, 6.45) is 1.27. The second kappa shape index (κ2) is 3.61. The van der Waals surface area contributed by atoms with Crippen molar-refractivity contribution in [3.05, 3.63) is 12.8 Å². The minimum atomic E-state index is 0.597. The number of hydrogen-bond donors (Lipinski definition) is 1. The molecule has 0 saturated carbocycles. The quantitative estimate of drug-likeness (QED) is 0.331.